The van der Waals surface area contributed by atoms with Crippen molar-refractivity contribution in [2.24, 2.45) is 17.6 Å². The van der Waals surface area contributed by atoms with Crippen LogP contribution in [0.15, 0.2) is 6.07 Å². The SMILES string of the molecule is Cc1cc(C)nc(NCC2CCCC2CN)n1. The minimum atomic E-state index is 0.674. The summed E-state index contributed by atoms with van der Waals surface area (Å²) >= 11 is 0. The van der Waals surface area contributed by atoms with Crippen molar-refractivity contribution in [3.05, 3.63) is 17.5 Å². The zero-order valence-electron chi connectivity index (χ0n) is 10.7. The van der Waals surface area contributed by atoms with Crippen LogP contribution < -0.4 is 11.1 Å². The molecule has 0 aromatic carbocycles. The maximum absolute atomic E-state index is 5.78. The van der Waals surface area contributed by atoms with E-state index >= 15 is 0 Å². The molecule has 0 bridgehead atoms. The van der Waals surface area contributed by atoms with Gasteiger partial charge in [0.25, 0.3) is 0 Å². The number of nitrogens with two attached hydrogens (primary N) is 1. The van der Waals surface area contributed by atoms with Crippen molar-refractivity contribution in [3.8, 4) is 0 Å². The lowest BCUT2D eigenvalue weighted by Crippen LogP contribution is -2.25. The number of aromatic nitrogens is 2. The van der Waals surface area contributed by atoms with Gasteiger partial charge in [-0.1, -0.05) is 6.42 Å². The van der Waals surface area contributed by atoms with Crippen LogP contribution in [-0.2, 0) is 0 Å². The summed E-state index contributed by atoms with van der Waals surface area (Å²) in [5, 5.41) is 3.35. The Morgan fingerprint density at radius 1 is 1.24 bits per heavy atom. The molecular formula is C13H22N4. The van der Waals surface area contributed by atoms with Crippen molar-refractivity contribution in [2.75, 3.05) is 18.4 Å². The van der Waals surface area contributed by atoms with Crippen LogP contribution in [0.1, 0.15) is 30.7 Å². The highest BCUT2D eigenvalue weighted by Gasteiger charge is 2.25. The summed E-state index contributed by atoms with van der Waals surface area (Å²) in [5.74, 6) is 2.11. The van der Waals surface area contributed by atoms with Crippen molar-refractivity contribution in [1.82, 2.24) is 9.97 Å². The molecule has 2 atom stereocenters. The van der Waals surface area contributed by atoms with E-state index in [0.29, 0.717) is 11.8 Å². The highest BCUT2D eigenvalue weighted by atomic mass is 15.1. The second kappa shape index (κ2) is 5.45. The van der Waals surface area contributed by atoms with Gasteiger partial charge < -0.3 is 11.1 Å². The molecule has 4 heteroatoms. The van der Waals surface area contributed by atoms with Gasteiger partial charge in [0.1, 0.15) is 0 Å². The average molecular weight is 234 g/mol. The fourth-order valence-electron chi connectivity index (χ4n) is 2.72. The molecule has 1 aliphatic carbocycles. The van der Waals surface area contributed by atoms with E-state index in [4.69, 9.17) is 5.73 Å². The van der Waals surface area contributed by atoms with E-state index < -0.39 is 0 Å². The van der Waals surface area contributed by atoms with E-state index in [1.807, 2.05) is 19.9 Å². The van der Waals surface area contributed by atoms with Gasteiger partial charge in [-0.2, -0.15) is 0 Å². The molecule has 0 radical (unpaired) electrons. The lowest BCUT2D eigenvalue weighted by Gasteiger charge is -2.18. The van der Waals surface area contributed by atoms with Crippen LogP contribution in [0, 0.1) is 25.7 Å². The van der Waals surface area contributed by atoms with Gasteiger partial charge in [-0.15, -0.1) is 0 Å². The number of rotatable bonds is 4. The number of anilines is 1. The molecule has 94 valence electrons. The predicted molar refractivity (Wildman–Crippen MR) is 69.9 cm³/mol. The summed E-state index contributed by atoms with van der Waals surface area (Å²) in [6.07, 6.45) is 3.86. The number of nitrogens with one attached hydrogen (secondary N) is 1. The van der Waals surface area contributed by atoms with E-state index in [2.05, 4.69) is 15.3 Å². The van der Waals surface area contributed by atoms with Crippen LogP contribution in [-0.4, -0.2) is 23.1 Å². The first-order chi connectivity index (χ1) is 8.19. The highest BCUT2D eigenvalue weighted by molar-refractivity contribution is 5.27. The second-order valence-corrected chi connectivity index (χ2v) is 5.04. The largest absolute Gasteiger partial charge is 0.354 e. The Hall–Kier alpha value is -1.16. The molecule has 1 fully saturated rings. The fraction of sp³-hybridized carbons (Fsp3) is 0.692. The topological polar surface area (TPSA) is 63.8 Å². The third-order valence-electron chi connectivity index (χ3n) is 3.62. The number of hydrogen-bond donors (Lipinski definition) is 2. The molecule has 0 spiro atoms. The van der Waals surface area contributed by atoms with Crippen molar-refractivity contribution < 1.29 is 0 Å². The Labute approximate surface area is 103 Å². The molecule has 1 aromatic heterocycles. The molecule has 1 aliphatic rings. The fourth-order valence-corrected chi connectivity index (χ4v) is 2.72. The van der Waals surface area contributed by atoms with Crippen LogP contribution in [0.5, 0.6) is 0 Å². The molecule has 0 amide bonds. The standard InChI is InChI=1S/C13H22N4/c1-9-6-10(2)17-13(16-9)15-8-12-5-3-4-11(12)7-14/h6,11-12H,3-5,7-8,14H2,1-2H3,(H,15,16,17). The molecule has 2 unspecified atom stereocenters. The minimum Gasteiger partial charge on any atom is -0.354 e. The number of hydrogen-bond acceptors (Lipinski definition) is 4. The van der Waals surface area contributed by atoms with Crippen molar-refractivity contribution >= 4 is 5.95 Å². The summed E-state index contributed by atoms with van der Waals surface area (Å²) < 4.78 is 0. The first kappa shape index (κ1) is 12.3. The van der Waals surface area contributed by atoms with Gasteiger partial charge in [0, 0.05) is 17.9 Å². The molecule has 17 heavy (non-hydrogen) atoms. The van der Waals surface area contributed by atoms with Gasteiger partial charge in [-0.25, -0.2) is 9.97 Å². The summed E-state index contributed by atoms with van der Waals surface area (Å²) in [7, 11) is 0. The predicted octanol–water partition coefficient (Wildman–Crippen LogP) is 1.88. The van der Waals surface area contributed by atoms with E-state index in [0.717, 1.165) is 30.4 Å². The molecule has 1 aromatic rings. The van der Waals surface area contributed by atoms with Crippen LogP contribution in [0.3, 0.4) is 0 Å². The normalized spacial score (nSPS) is 23.9. The minimum absolute atomic E-state index is 0.674. The van der Waals surface area contributed by atoms with Gasteiger partial charge in [0.2, 0.25) is 5.95 Å². The molecule has 0 saturated heterocycles. The van der Waals surface area contributed by atoms with Gasteiger partial charge in [0.15, 0.2) is 0 Å². The third kappa shape index (κ3) is 3.16. The van der Waals surface area contributed by atoms with Crippen molar-refractivity contribution in [3.63, 3.8) is 0 Å². The lowest BCUT2D eigenvalue weighted by molar-refractivity contribution is 0.413. The number of aryl methyl sites for hydroxylation is 2. The molecular weight excluding hydrogens is 212 g/mol. The van der Waals surface area contributed by atoms with Crippen LogP contribution in [0.2, 0.25) is 0 Å². The molecule has 2 rings (SSSR count). The Kier molecular flexibility index (Phi) is 3.94. The van der Waals surface area contributed by atoms with Crippen LogP contribution >= 0.6 is 0 Å². The zero-order chi connectivity index (χ0) is 12.3. The number of nitrogens with zero attached hydrogens (tertiary/aromatic N) is 2. The van der Waals surface area contributed by atoms with Crippen molar-refractivity contribution in [2.45, 2.75) is 33.1 Å². The second-order valence-electron chi connectivity index (χ2n) is 5.04. The first-order valence-electron chi connectivity index (χ1n) is 6.45. The van der Waals surface area contributed by atoms with Crippen molar-refractivity contribution in [1.29, 1.82) is 0 Å². The highest BCUT2D eigenvalue weighted by Crippen LogP contribution is 2.30. The molecule has 4 nitrogen and oxygen atoms in total. The van der Waals surface area contributed by atoms with Crippen LogP contribution in [0.25, 0.3) is 0 Å². The van der Waals surface area contributed by atoms with Crippen LogP contribution in [0.4, 0.5) is 5.95 Å². The summed E-state index contributed by atoms with van der Waals surface area (Å²) in [6.45, 7) is 5.75. The van der Waals surface area contributed by atoms with E-state index in [1.54, 1.807) is 0 Å². The summed E-state index contributed by atoms with van der Waals surface area (Å²) in [5.41, 5.74) is 7.81. The quantitative estimate of drug-likeness (QED) is 0.835. The lowest BCUT2D eigenvalue weighted by atomic mass is 9.96. The van der Waals surface area contributed by atoms with Gasteiger partial charge in [-0.3, -0.25) is 0 Å². The Bertz CT molecular complexity index is 357. The average Bonchev–Trinajstić information content (AvgIpc) is 2.72. The molecule has 1 heterocycles. The van der Waals surface area contributed by atoms with Gasteiger partial charge >= 0.3 is 0 Å². The zero-order valence-corrected chi connectivity index (χ0v) is 10.7. The summed E-state index contributed by atoms with van der Waals surface area (Å²) in [4.78, 5) is 8.78. The Balaban J connectivity index is 1.93. The van der Waals surface area contributed by atoms with Gasteiger partial charge in [0.05, 0.1) is 0 Å². The Morgan fingerprint density at radius 3 is 2.53 bits per heavy atom. The summed E-state index contributed by atoms with van der Waals surface area (Å²) in [6, 6.07) is 1.99. The Morgan fingerprint density at radius 2 is 1.88 bits per heavy atom. The van der Waals surface area contributed by atoms with E-state index in [1.165, 1.54) is 19.3 Å². The third-order valence-corrected chi connectivity index (χ3v) is 3.62. The van der Waals surface area contributed by atoms with E-state index in [-0.39, 0.29) is 0 Å². The maximum atomic E-state index is 5.78. The van der Waals surface area contributed by atoms with E-state index in [9.17, 15) is 0 Å². The molecule has 0 aliphatic heterocycles. The van der Waals surface area contributed by atoms with Gasteiger partial charge in [-0.05, 0) is 51.1 Å². The smallest absolute Gasteiger partial charge is 0.223 e. The first-order valence-corrected chi connectivity index (χ1v) is 6.45. The molecule has 1 saturated carbocycles. The monoisotopic (exact) mass is 234 g/mol. The molecule has 3 N–H and O–H groups in total. The maximum Gasteiger partial charge on any atom is 0.223 e.